The summed E-state index contributed by atoms with van der Waals surface area (Å²) < 4.78 is 5.48. The highest BCUT2D eigenvalue weighted by Gasteiger charge is 2.24. The van der Waals surface area contributed by atoms with Crippen LogP contribution in [0.15, 0.2) is 42.1 Å². The van der Waals surface area contributed by atoms with Crippen LogP contribution in [0.5, 0.6) is 5.75 Å². The van der Waals surface area contributed by atoms with Crippen molar-refractivity contribution in [1.82, 2.24) is 4.90 Å². The Morgan fingerprint density at radius 1 is 1.34 bits per heavy atom. The standard InChI is InChI=1S/C27H33ClN2O5/c1-3-20-16-23(31)26(28)22-17-21(29-35-18-24(32)30-13-6-4-7-14-30)12-9-11-19(2)10-5-8-15-34-27(33)25(20)22/h3,5,9-10,12,16,19,31H,1,4,6-8,11,13-15,17-18H2,2H3/b10-5+,12-9+,29-21-. The Morgan fingerprint density at radius 2 is 2.11 bits per heavy atom. The van der Waals surface area contributed by atoms with Gasteiger partial charge < -0.3 is 19.6 Å². The molecule has 0 radical (unpaired) electrons. The molecule has 1 unspecified atom stereocenters. The van der Waals surface area contributed by atoms with Crippen LogP contribution in [0.1, 0.15) is 60.5 Å². The van der Waals surface area contributed by atoms with Crippen LogP contribution in [0.2, 0.25) is 5.02 Å². The van der Waals surface area contributed by atoms with E-state index >= 15 is 0 Å². The van der Waals surface area contributed by atoms with Gasteiger partial charge in [-0.15, -0.1) is 0 Å². The Kier molecular flexibility index (Phi) is 9.97. The monoisotopic (exact) mass is 500 g/mol. The number of fused-ring (bicyclic) bond motifs is 1. The molecular formula is C27H33ClN2O5. The molecule has 7 nitrogen and oxygen atoms in total. The third-order valence-electron chi connectivity index (χ3n) is 6.03. The van der Waals surface area contributed by atoms with E-state index in [0.29, 0.717) is 23.3 Å². The third-order valence-corrected chi connectivity index (χ3v) is 6.46. The van der Waals surface area contributed by atoms with Gasteiger partial charge in [-0.2, -0.15) is 0 Å². The highest BCUT2D eigenvalue weighted by molar-refractivity contribution is 6.33. The van der Waals surface area contributed by atoms with E-state index in [1.54, 1.807) is 11.0 Å². The van der Waals surface area contributed by atoms with E-state index in [9.17, 15) is 14.7 Å². The molecule has 1 N–H and O–H groups in total. The molecule has 1 aromatic carbocycles. The Bertz CT molecular complexity index is 1020. The van der Waals surface area contributed by atoms with Crippen molar-refractivity contribution in [3.8, 4) is 5.75 Å². The van der Waals surface area contributed by atoms with Crippen LogP contribution in [0.3, 0.4) is 0 Å². The largest absolute Gasteiger partial charge is 0.506 e. The van der Waals surface area contributed by atoms with E-state index in [1.807, 2.05) is 12.2 Å². The number of allylic oxidation sites excluding steroid dienone is 3. The number of likely N-dealkylation sites (tertiary alicyclic amines) is 1. The Labute approximate surface area is 211 Å². The first-order valence-electron chi connectivity index (χ1n) is 12.0. The number of hydrogen-bond acceptors (Lipinski definition) is 6. The van der Waals surface area contributed by atoms with Gasteiger partial charge in [0.15, 0.2) is 6.61 Å². The summed E-state index contributed by atoms with van der Waals surface area (Å²) >= 11 is 6.45. The number of piperidine rings is 1. The van der Waals surface area contributed by atoms with Gasteiger partial charge in [-0.1, -0.05) is 54.6 Å². The molecule has 2 aliphatic rings. The lowest BCUT2D eigenvalue weighted by atomic mass is 9.95. The number of phenolic OH excluding ortho intramolecular Hbond substituents is 1. The van der Waals surface area contributed by atoms with Crippen LogP contribution in [-0.4, -0.2) is 53.9 Å². The van der Waals surface area contributed by atoms with Gasteiger partial charge in [0.05, 0.1) is 22.9 Å². The van der Waals surface area contributed by atoms with Gasteiger partial charge >= 0.3 is 5.97 Å². The smallest absolute Gasteiger partial charge is 0.339 e. The van der Waals surface area contributed by atoms with Gasteiger partial charge in [0.2, 0.25) is 0 Å². The summed E-state index contributed by atoms with van der Waals surface area (Å²) in [6.07, 6.45) is 13.9. The second-order valence-corrected chi connectivity index (χ2v) is 9.18. The summed E-state index contributed by atoms with van der Waals surface area (Å²) in [6.45, 7) is 7.36. The maximum atomic E-state index is 13.0. The molecule has 35 heavy (non-hydrogen) atoms. The van der Waals surface area contributed by atoms with Crippen LogP contribution in [0.4, 0.5) is 0 Å². The molecule has 3 rings (SSSR count). The zero-order valence-electron chi connectivity index (χ0n) is 20.2. The van der Waals surface area contributed by atoms with Crippen molar-refractivity contribution in [1.29, 1.82) is 0 Å². The number of carbonyl (C=O) groups excluding carboxylic acids is 2. The van der Waals surface area contributed by atoms with E-state index in [1.165, 1.54) is 12.1 Å². The van der Waals surface area contributed by atoms with Gasteiger partial charge in [-0.25, -0.2) is 4.79 Å². The number of cyclic esters (lactones) is 1. The summed E-state index contributed by atoms with van der Waals surface area (Å²) in [5.74, 6) is -0.554. The summed E-state index contributed by atoms with van der Waals surface area (Å²) in [4.78, 5) is 32.7. The summed E-state index contributed by atoms with van der Waals surface area (Å²) in [5.41, 5.74) is 1.46. The summed E-state index contributed by atoms with van der Waals surface area (Å²) in [6, 6.07) is 1.39. The fraction of sp³-hybridized carbons (Fsp3) is 0.444. The minimum absolute atomic E-state index is 0.0356. The predicted octanol–water partition coefficient (Wildman–Crippen LogP) is 5.32. The van der Waals surface area contributed by atoms with E-state index in [2.05, 4.69) is 24.7 Å². The van der Waals surface area contributed by atoms with Gasteiger partial charge in [0.25, 0.3) is 5.91 Å². The third kappa shape index (κ3) is 7.46. The fourth-order valence-electron chi connectivity index (χ4n) is 4.11. The topological polar surface area (TPSA) is 88.4 Å². The first kappa shape index (κ1) is 26.5. The summed E-state index contributed by atoms with van der Waals surface area (Å²) in [7, 11) is 0. The zero-order valence-corrected chi connectivity index (χ0v) is 20.9. The van der Waals surface area contributed by atoms with Gasteiger partial charge in [0.1, 0.15) is 5.75 Å². The number of aromatic hydroxyl groups is 1. The van der Waals surface area contributed by atoms with Gasteiger partial charge in [0, 0.05) is 19.5 Å². The molecule has 0 spiro atoms. The Morgan fingerprint density at radius 3 is 2.86 bits per heavy atom. The number of halogens is 1. The molecule has 2 aliphatic heterocycles. The molecule has 2 heterocycles. The van der Waals surface area contributed by atoms with Crippen molar-refractivity contribution in [2.24, 2.45) is 11.1 Å². The number of carbonyl (C=O) groups is 2. The van der Waals surface area contributed by atoms with Gasteiger partial charge in [-0.3, -0.25) is 4.79 Å². The molecule has 1 saturated heterocycles. The molecule has 0 saturated carbocycles. The quantitative estimate of drug-likeness (QED) is 0.343. The predicted molar refractivity (Wildman–Crippen MR) is 138 cm³/mol. The average Bonchev–Trinajstić information content (AvgIpc) is 2.85. The second kappa shape index (κ2) is 13.1. The van der Waals surface area contributed by atoms with Crippen molar-refractivity contribution in [3.63, 3.8) is 0 Å². The van der Waals surface area contributed by atoms with E-state index in [0.717, 1.165) is 38.8 Å². The number of ether oxygens (including phenoxy) is 1. The normalized spacial score (nSPS) is 22.5. The van der Waals surface area contributed by atoms with Crippen LogP contribution >= 0.6 is 11.6 Å². The number of benzene rings is 1. The maximum Gasteiger partial charge on any atom is 0.339 e. The van der Waals surface area contributed by atoms with Crippen molar-refractivity contribution in [2.75, 3.05) is 26.3 Å². The van der Waals surface area contributed by atoms with Crippen molar-refractivity contribution in [3.05, 3.63) is 58.7 Å². The molecule has 0 aromatic heterocycles. The van der Waals surface area contributed by atoms with E-state index < -0.39 is 5.97 Å². The molecule has 1 fully saturated rings. The van der Waals surface area contributed by atoms with Crippen LogP contribution < -0.4 is 0 Å². The number of esters is 1. The highest BCUT2D eigenvalue weighted by atomic mass is 35.5. The van der Waals surface area contributed by atoms with Crippen LogP contribution in [0, 0.1) is 5.92 Å². The maximum absolute atomic E-state index is 13.0. The number of phenols is 1. The first-order valence-corrected chi connectivity index (χ1v) is 12.4. The molecule has 188 valence electrons. The lowest BCUT2D eigenvalue weighted by molar-refractivity contribution is -0.137. The van der Waals surface area contributed by atoms with Crippen molar-refractivity contribution in [2.45, 2.75) is 45.4 Å². The first-order chi connectivity index (χ1) is 16.9. The number of hydrogen-bond donors (Lipinski definition) is 1. The number of rotatable bonds is 4. The second-order valence-electron chi connectivity index (χ2n) is 8.80. The molecule has 1 aromatic rings. The minimum Gasteiger partial charge on any atom is -0.506 e. The highest BCUT2D eigenvalue weighted by Crippen LogP contribution is 2.34. The number of oxime groups is 1. The lowest BCUT2D eigenvalue weighted by Crippen LogP contribution is -2.37. The fourth-order valence-corrected chi connectivity index (χ4v) is 4.33. The van der Waals surface area contributed by atoms with Crippen molar-refractivity contribution >= 4 is 35.3 Å². The SMILES string of the molecule is C=Cc1cc(O)c(Cl)c2c1C(=O)OCC/C=C/C(C)C/C=C/C(=N/OCC(=O)N1CCCCC1)C2. The van der Waals surface area contributed by atoms with E-state index in [4.69, 9.17) is 21.2 Å². The van der Waals surface area contributed by atoms with E-state index in [-0.39, 0.29) is 47.8 Å². The Balaban J connectivity index is 1.92. The van der Waals surface area contributed by atoms with Crippen LogP contribution in [-0.2, 0) is 20.8 Å². The van der Waals surface area contributed by atoms with Crippen molar-refractivity contribution < 1.29 is 24.3 Å². The minimum atomic E-state index is -0.556. The average molecular weight is 501 g/mol. The van der Waals surface area contributed by atoms with Crippen LogP contribution in [0.25, 0.3) is 6.08 Å². The Hall–Kier alpha value is -3.06. The molecule has 1 atom stereocenters. The molecular weight excluding hydrogens is 468 g/mol. The molecule has 0 bridgehead atoms. The summed E-state index contributed by atoms with van der Waals surface area (Å²) in [5, 5.41) is 14.6. The molecule has 1 amide bonds. The molecule has 0 aliphatic carbocycles. The number of amides is 1. The molecule has 8 heteroatoms. The lowest BCUT2D eigenvalue weighted by Gasteiger charge is -2.26. The number of nitrogens with zero attached hydrogens (tertiary/aromatic N) is 2. The zero-order chi connectivity index (χ0) is 25.2. The van der Waals surface area contributed by atoms with Gasteiger partial charge in [-0.05, 0) is 61.3 Å².